The number of ether oxygens (including phenoxy) is 1. The average molecular weight is 361 g/mol. The Kier molecular flexibility index (Phi) is 8.05. The summed E-state index contributed by atoms with van der Waals surface area (Å²) in [6.07, 6.45) is 6.63. The summed E-state index contributed by atoms with van der Waals surface area (Å²) in [4.78, 5) is 0. The summed E-state index contributed by atoms with van der Waals surface area (Å²) in [7, 11) is 1.62. The van der Waals surface area contributed by atoms with Crippen LogP contribution in [0.25, 0.3) is 11.1 Å². The van der Waals surface area contributed by atoms with Crippen LogP contribution < -0.4 is 5.73 Å². The highest BCUT2D eigenvalue weighted by atomic mass is 19.2. The molecule has 0 aliphatic carbocycles. The van der Waals surface area contributed by atoms with Gasteiger partial charge in [0.2, 0.25) is 0 Å². The summed E-state index contributed by atoms with van der Waals surface area (Å²) in [6.45, 7) is 2.69. The van der Waals surface area contributed by atoms with E-state index in [0.29, 0.717) is 36.3 Å². The predicted molar refractivity (Wildman–Crippen MR) is 104 cm³/mol. The molecule has 4 heteroatoms. The van der Waals surface area contributed by atoms with Gasteiger partial charge in [0, 0.05) is 23.9 Å². The van der Waals surface area contributed by atoms with Crippen molar-refractivity contribution in [1.29, 1.82) is 0 Å². The molecule has 0 aromatic heterocycles. The molecule has 2 rings (SSSR count). The van der Waals surface area contributed by atoms with Gasteiger partial charge < -0.3 is 10.5 Å². The van der Waals surface area contributed by atoms with Crippen LogP contribution in [0, 0.1) is 11.6 Å². The van der Waals surface area contributed by atoms with E-state index >= 15 is 0 Å². The number of anilines is 1. The van der Waals surface area contributed by atoms with E-state index in [4.69, 9.17) is 10.5 Å². The first-order chi connectivity index (χ1) is 12.6. The van der Waals surface area contributed by atoms with Crippen LogP contribution in [-0.4, -0.2) is 13.7 Å². The molecule has 26 heavy (non-hydrogen) atoms. The quantitative estimate of drug-likeness (QED) is 0.421. The van der Waals surface area contributed by atoms with Gasteiger partial charge in [-0.05, 0) is 30.4 Å². The van der Waals surface area contributed by atoms with Gasteiger partial charge in [-0.2, -0.15) is 0 Å². The maximum Gasteiger partial charge on any atom is 0.166 e. The molecule has 2 aromatic rings. The molecule has 0 bridgehead atoms. The molecule has 2 aromatic carbocycles. The number of para-hydroxylation sites is 1. The lowest BCUT2D eigenvalue weighted by atomic mass is 9.96. The van der Waals surface area contributed by atoms with Gasteiger partial charge in [-0.15, -0.1) is 0 Å². The van der Waals surface area contributed by atoms with Crippen LogP contribution in [0.1, 0.15) is 50.2 Å². The molecular weight excluding hydrogens is 332 g/mol. The summed E-state index contributed by atoms with van der Waals surface area (Å²) in [5.74, 6) is -1.56. The fourth-order valence-corrected chi connectivity index (χ4v) is 3.19. The van der Waals surface area contributed by atoms with Crippen molar-refractivity contribution in [3.05, 3.63) is 53.1 Å². The van der Waals surface area contributed by atoms with E-state index < -0.39 is 11.6 Å². The van der Waals surface area contributed by atoms with Gasteiger partial charge in [0.05, 0.1) is 6.61 Å². The maximum atomic E-state index is 14.7. The van der Waals surface area contributed by atoms with Gasteiger partial charge in [0.25, 0.3) is 0 Å². The number of nitrogens with two attached hydrogens (primary N) is 1. The topological polar surface area (TPSA) is 35.2 Å². The Bertz CT molecular complexity index is 716. The van der Waals surface area contributed by atoms with Crippen molar-refractivity contribution in [3.8, 4) is 11.1 Å². The van der Waals surface area contributed by atoms with Crippen molar-refractivity contribution in [1.82, 2.24) is 0 Å². The lowest BCUT2D eigenvalue weighted by Gasteiger charge is -2.13. The Labute approximate surface area is 155 Å². The lowest BCUT2D eigenvalue weighted by molar-refractivity contribution is 0.202. The zero-order valence-corrected chi connectivity index (χ0v) is 15.8. The van der Waals surface area contributed by atoms with Crippen molar-refractivity contribution < 1.29 is 13.5 Å². The highest BCUT2D eigenvalue weighted by molar-refractivity contribution is 5.79. The minimum Gasteiger partial charge on any atom is -0.398 e. The smallest absolute Gasteiger partial charge is 0.166 e. The second kappa shape index (κ2) is 10.3. The van der Waals surface area contributed by atoms with Gasteiger partial charge >= 0.3 is 0 Å². The van der Waals surface area contributed by atoms with E-state index in [9.17, 15) is 8.78 Å². The molecule has 0 unspecified atom stereocenters. The molecular formula is C22H29F2NO. The Balaban J connectivity index is 2.20. The van der Waals surface area contributed by atoms with Gasteiger partial charge in [0.15, 0.2) is 11.6 Å². The monoisotopic (exact) mass is 361 g/mol. The van der Waals surface area contributed by atoms with Crippen molar-refractivity contribution in [2.45, 2.75) is 51.9 Å². The van der Waals surface area contributed by atoms with Crippen molar-refractivity contribution >= 4 is 5.69 Å². The van der Waals surface area contributed by atoms with E-state index in [1.807, 2.05) is 12.1 Å². The van der Waals surface area contributed by atoms with Crippen LogP contribution in [-0.2, 0) is 17.6 Å². The number of hydrogen-bond donors (Lipinski definition) is 1. The fraction of sp³-hybridized carbons (Fsp3) is 0.455. The molecule has 0 amide bonds. The number of hydrogen-bond acceptors (Lipinski definition) is 2. The number of rotatable bonds is 10. The molecule has 0 fully saturated rings. The van der Waals surface area contributed by atoms with Crippen LogP contribution in [0.3, 0.4) is 0 Å². The molecule has 2 nitrogen and oxygen atoms in total. The van der Waals surface area contributed by atoms with Gasteiger partial charge in [-0.1, -0.05) is 62.9 Å². The molecule has 0 radical (unpaired) electrons. The maximum absolute atomic E-state index is 14.7. The third-order valence-electron chi connectivity index (χ3n) is 4.77. The summed E-state index contributed by atoms with van der Waals surface area (Å²) < 4.78 is 34.3. The SMILES string of the molecule is CCCCCCCc1ccc(-c2cccc(CCOC)c2N)c(F)c1F. The molecule has 0 atom stereocenters. The van der Waals surface area contributed by atoms with E-state index in [1.165, 1.54) is 12.8 Å². The third kappa shape index (κ3) is 5.04. The first kappa shape index (κ1) is 20.4. The van der Waals surface area contributed by atoms with E-state index in [2.05, 4.69) is 6.92 Å². The van der Waals surface area contributed by atoms with Crippen molar-refractivity contribution in [3.63, 3.8) is 0 Å². The van der Waals surface area contributed by atoms with Crippen LogP contribution in [0.2, 0.25) is 0 Å². The second-order valence-electron chi connectivity index (χ2n) is 6.69. The zero-order chi connectivity index (χ0) is 18.9. The minimum absolute atomic E-state index is 0.217. The Morgan fingerprint density at radius 2 is 1.62 bits per heavy atom. The molecule has 0 aliphatic heterocycles. The highest BCUT2D eigenvalue weighted by Gasteiger charge is 2.17. The number of unbranched alkanes of at least 4 members (excludes halogenated alkanes) is 4. The van der Waals surface area contributed by atoms with Crippen LogP contribution in [0.15, 0.2) is 30.3 Å². The van der Waals surface area contributed by atoms with Crippen molar-refractivity contribution in [2.24, 2.45) is 0 Å². The first-order valence-electron chi connectivity index (χ1n) is 9.43. The molecule has 0 spiro atoms. The number of halogens is 2. The summed E-state index contributed by atoms with van der Waals surface area (Å²) in [6, 6.07) is 8.76. The highest BCUT2D eigenvalue weighted by Crippen LogP contribution is 2.33. The van der Waals surface area contributed by atoms with E-state index in [-0.39, 0.29) is 5.56 Å². The Morgan fingerprint density at radius 1 is 0.846 bits per heavy atom. The summed E-state index contributed by atoms with van der Waals surface area (Å²) in [5.41, 5.74) is 8.75. The third-order valence-corrected chi connectivity index (χ3v) is 4.77. The fourth-order valence-electron chi connectivity index (χ4n) is 3.19. The minimum atomic E-state index is -0.813. The number of aryl methyl sites for hydroxylation is 1. The normalized spacial score (nSPS) is 11.1. The largest absolute Gasteiger partial charge is 0.398 e. The Hall–Kier alpha value is -1.94. The van der Waals surface area contributed by atoms with Crippen LogP contribution >= 0.6 is 0 Å². The standard InChI is InChI=1S/C22H29F2NO/c1-3-4-5-6-7-9-16-12-13-18(21(24)20(16)23)19-11-8-10-17(22(19)25)14-15-26-2/h8,10-13H,3-7,9,14-15,25H2,1-2H3. The molecule has 0 saturated heterocycles. The lowest BCUT2D eigenvalue weighted by Crippen LogP contribution is -2.03. The van der Waals surface area contributed by atoms with Gasteiger partial charge in [0.1, 0.15) is 0 Å². The zero-order valence-electron chi connectivity index (χ0n) is 15.8. The second-order valence-corrected chi connectivity index (χ2v) is 6.69. The number of methoxy groups -OCH3 is 1. The first-order valence-corrected chi connectivity index (χ1v) is 9.43. The molecule has 0 aliphatic rings. The van der Waals surface area contributed by atoms with Crippen LogP contribution in [0.4, 0.5) is 14.5 Å². The molecule has 0 heterocycles. The van der Waals surface area contributed by atoms with Crippen molar-refractivity contribution in [2.75, 3.05) is 19.5 Å². The van der Waals surface area contributed by atoms with Crippen LogP contribution in [0.5, 0.6) is 0 Å². The molecule has 2 N–H and O–H groups in total. The van der Waals surface area contributed by atoms with Gasteiger partial charge in [-0.25, -0.2) is 8.78 Å². The average Bonchev–Trinajstić information content (AvgIpc) is 2.64. The van der Waals surface area contributed by atoms with E-state index in [0.717, 1.165) is 24.8 Å². The molecule has 0 saturated carbocycles. The predicted octanol–water partition coefficient (Wildman–Crippen LogP) is 5.92. The van der Waals surface area contributed by atoms with E-state index in [1.54, 1.807) is 25.3 Å². The van der Waals surface area contributed by atoms with Gasteiger partial charge in [-0.3, -0.25) is 0 Å². The number of nitrogen functional groups attached to an aromatic ring is 1. The number of benzene rings is 2. The Morgan fingerprint density at radius 3 is 2.35 bits per heavy atom. The summed E-state index contributed by atoms with van der Waals surface area (Å²) in [5, 5.41) is 0. The summed E-state index contributed by atoms with van der Waals surface area (Å²) >= 11 is 0. The molecule has 142 valence electrons.